The van der Waals surface area contributed by atoms with Crippen molar-refractivity contribution in [1.82, 2.24) is 5.32 Å². The molecule has 1 amide bonds. The van der Waals surface area contributed by atoms with Crippen molar-refractivity contribution in [2.24, 2.45) is 0 Å². The van der Waals surface area contributed by atoms with Crippen LogP contribution in [-0.2, 0) is 10.0 Å². The minimum atomic E-state index is -3.46. The summed E-state index contributed by atoms with van der Waals surface area (Å²) in [6.07, 6.45) is 1.04. The maximum Gasteiger partial charge on any atom is 0.253 e. The van der Waals surface area contributed by atoms with Crippen molar-refractivity contribution in [3.63, 3.8) is 0 Å². The van der Waals surface area contributed by atoms with Crippen LogP contribution in [0.2, 0.25) is 5.02 Å². The number of methoxy groups -OCH3 is 1. The lowest BCUT2D eigenvalue weighted by atomic mass is 9.93. The van der Waals surface area contributed by atoms with E-state index >= 15 is 0 Å². The van der Waals surface area contributed by atoms with Crippen LogP contribution in [-0.4, -0.2) is 27.7 Å². The molecule has 1 atom stereocenters. The number of aryl methyl sites for hydroxylation is 1. The number of benzene rings is 2. The smallest absolute Gasteiger partial charge is 0.253 e. The topological polar surface area (TPSA) is 84.5 Å². The van der Waals surface area contributed by atoms with E-state index < -0.39 is 10.0 Å². The number of nitrogens with one attached hydrogen (secondary N) is 2. The van der Waals surface area contributed by atoms with Crippen LogP contribution in [0, 0.1) is 6.92 Å². The van der Waals surface area contributed by atoms with E-state index in [1.807, 2.05) is 26.0 Å². The molecule has 0 radical (unpaired) electrons. The second-order valence-corrected chi connectivity index (χ2v) is 9.53. The Morgan fingerprint density at radius 3 is 2.31 bits per heavy atom. The fourth-order valence-electron chi connectivity index (χ4n) is 3.14. The fourth-order valence-corrected chi connectivity index (χ4v) is 3.90. The van der Waals surface area contributed by atoms with Gasteiger partial charge in [-0.1, -0.05) is 25.4 Å². The molecule has 6 nitrogen and oxygen atoms in total. The zero-order valence-electron chi connectivity index (χ0n) is 17.5. The maximum atomic E-state index is 12.8. The Hall–Kier alpha value is -2.25. The summed E-state index contributed by atoms with van der Waals surface area (Å²) < 4.78 is 30.7. The molecular weight excluding hydrogens is 412 g/mol. The van der Waals surface area contributed by atoms with E-state index in [0.29, 0.717) is 0 Å². The molecule has 2 aromatic carbocycles. The van der Waals surface area contributed by atoms with Crippen LogP contribution < -0.4 is 14.8 Å². The molecule has 2 rings (SSSR count). The number of hydrogen-bond donors (Lipinski definition) is 2. The van der Waals surface area contributed by atoms with Crippen LogP contribution in [0.3, 0.4) is 0 Å². The Labute approximate surface area is 177 Å². The van der Waals surface area contributed by atoms with E-state index in [0.717, 1.165) is 28.7 Å². The molecule has 2 N–H and O–H groups in total. The van der Waals surface area contributed by atoms with E-state index in [1.165, 1.54) is 18.2 Å². The van der Waals surface area contributed by atoms with Gasteiger partial charge in [0.1, 0.15) is 5.75 Å². The van der Waals surface area contributed by atoms with Crippen molar-refractivity contribution in [3.8, 4) is 5.75 Å². The molecule has 0 bridgehead atoms. The number of amides is 1. The van der Waals surface area contributed by atoms with Crippen molar-refractivity contribution in [2.45, 2.75) is 39.7 Å². The summed E-state index contributed by atoms with van der Waals surface area (Å²) in [4.78, 5) is 12.8. The fraction of sp³-hybridized carbons (Fsp3) is 0.381. The lowest BCUT2D eigenvalue weighted by molar-refractivity contribution is 0.0940. The lowest BCUT2D eigenvalue weighted by Crippen LogP contribution is -2.27. The Bertz CT molecular complexity index is 1020. The molecule has 0 aliphatic rings. The largest absolute Gasteiger partial charge is 0.496 e. The van der Waals surface area contributed by atoms with E-state index in [9.17, 15) is 13.2 Å². The molecule has 0 fully saturated rings. The first kappa shape index (κ1) is 23.0. The third-order valence-electron chi connectivity index (χ3n) is 4.57. The molecular formula is C21H27ClN2O4S. The monoisotopic (exact) mass is 438 g/mol. The van der Waals surface area contributed by atoms with Crippen LogP contribution in [0.25, 0.3) is 0 Å². The third kappa shape index (κ3) is 5.87. The number of ether oxygens (including phenoxy) is 1. The first-order chi connectivity index (χ1) is 13.4. The zero-order chi connectivity index (χ0) is 21.9. The normalized spacial score (nSPS) is 12.6. The molecule has 0 saturated heterocycles. The summed E-state index contributed by atoms with van der Waals surface area (Å²) in [5.74, 6) is 0.698. The van der Waals surface area contributed by atoms with E-state index in [2.05, 4.69) is 23.9 Å². The molecule has 0 aromatic heterocycles. The SMILES string of the molecule is COc1cc(C)c(C(C)NC(=O)c2cc(NS(C)(=O)=O)ccc2Cl)cc1C(C)C. The second-order valence-electron chi connectivity index (χ2n) is 7.37. The average Bonchev–Trinajstić information content (AvgIpc) is 2.61. The van der Waals surface area contributed by atoms with Crippen molar-refractivity contribution in [3.05, 3.63) is 57.6 Å². The van der Waals surface area contributed by atoms with Crippen LogP contribution >= 0.6 is 11.6 Å². The van der Waals surface area contributed by atoms with Crippen LogP contribution in [0.1, 0.15) is 59.8 Å². The van der Waals surface area contributed by atoms with Gasteiger partial charge in [0.2, 0.25) is 10.0 Å². The van der Waals surface area contributed by atoms with Gasteiger partial charge in [-0.05, 0) is 66.8 Å². The molecule has 8 heteroatoms. The number of sulfonamides is 1. The zero-order valence-corrected chi connectivity index (χ0v) is 19.0. The number of carbonyl (C=O) groups is 1. The van der Waals surface area contributed by atoms with E-state index in [1.54, 1.807) is 7.11 Å². The summed E-state index contributed by atoms with van der Waals surface area (Å²) >= 11 is 6.17. The molecule has 158 valence electrons. The molecule has 0 aliphatic carbocycles. The molecule has 2 aromatic rings. The number of halogens is 1. The van der Waals surface area contributed by atoms with Crippen LogP contribution in [0.15, 0.2) is 30.3 Å². The Morgan fingerprint density at radius 2 is 1.76 bits per heavy atom. The van der Waals surface area contributed by atoms with Gasteiger partial charge in [0.15, 0.2) is 0 Å². The minimum Gasteiger partial charge on any atom is -0.496 e. The Morgan fingerprint density at radius 1 is 1.10 bits per heavy atom. The van der Waals surface area contributed by atoms with Crippen LogP contribution in [0.4, 0.5) is 5.69 Å². The quantitative estimate of drug-likeness (QED) is 0.659. The van der Waals surface area contributed by atoms with Crippen molar-refractivity contribution >= 4 is 33.2 Å². The lowest BCUT2D eigenvalue weighted by Gasteiger charge is -2.21. The van der Waals surface area contributed by atoms with Gasteiger partial charge in [0, 0.05) is 5.69 Å². The molecule has 0 heterocycles. The van der Waals surface area contributed by atoms with Gasteiger partial charge >= 0.3 is 0 Å². The second kappa shape index (κ2) is 9.05. The van der Waals surface area contributed by atoms with Gasteiger partial charge in [-0.3, -0.25) is 9.52 Å². The summed E-state index contributed by atoms with van der Waals surface area (Å²) in [6.45, 7) is 8.03. The highest BCUT2D eigenvalue weighted by Crippen LogP contribution is 2.32. The highest BCUT2D eigenvalue weighted by Gasteiger charge is 2.19. The maximum absolute atomic E-state index is 12.8. The number of carbonyl (C=O) groups excluding carboxylic acids is 1. The van der Waals surface area contributed by atoms with Gasteiger partial charge in [-0.15, -0.1) is 0 Å². The van der Waals surface area contributed by atoms with Gasteiger partial charge in [-0.2, -0.15) is 0 Å². The molecule has 29 heavy (non-hydrogen) atoms. The molecule has 0 aliphatic heterocycles. The Kier molecular flexibility index (Phi) is 7.19. The Balaban J connectivity index is 2.32. The summed E-state index contributed by atoms with van der Waals surface area (Å²) in [6, 6.07) is 8.15. The summed E-state index contributed by atoms with van der Waals surface area (Å²) in [5.41, 5.74) is 3.51. The number of hydrogen-bond acceptors (Lipinski definition) is 4. The molecule has 0 spiro atoms. The van der Waals surface area contributed by atoms with Crippen LogP contribution in [0.5, 0.6) is 5.75 Å². The molecule has 1 unspecified atom stereocenters. The van der Waals surface area contributed by atoms with E-state index in [4.69, 9.17) is 16.3 Å². The first-order valence-corrected chi connectivity index (χ1v) is 11.5. The first-order valence-electron chi connectivity index (χ1n) is 9.19. The van der Waals surface area contributed by atoms with Gasteiger partial charge in [0.25, 0.3) is 5.91 Å². The minimum absolute atomic E-state index is 0.197. The highest BCUT2D eigenvalue weighted by atomic mass is 35.5. The van der Waals surface area contributed by atoms with Crippen molar-refractivity contribution in [1.29, 1.82) is 0 Å². The third-order valence-corrected chi connectivity index (χ3v) is 5.50. The van der Waals surface area contributed by atoms with Gasteiger partial charge in [-0.25, -0.2) is 8.42 Å². The predicted molar refractivity (Wildman–Crippen MR) is 118 cm³/mol. The van der Waals surface area contributed by atoms with Gasteiger partial charge in [0.05, 0.1) is 30.0 Å². The number of rotatable bonds is 7. The summed E-state index contributed by atoms with van der Waals surface area (Å²) in [7, 11) is -1.82. The molecule has 0 saturated carbocycles. The predicted octanol–water partition coefficient (Wildman–Crippen LogP) is 4.64. The van der Waals surface area contributed by atoms with Crippen molar-refractivity contribution < 1.29 is 17.9 Å². The average molecular weight is 439 g/mol. The number of anilines is 1. The highest BCUT2D eigenvalue weighted by molar-refractivity contribution is 7.92. The van der Waals surface area contributed by atoms with Gasteiger partial charge < -0.3 is 10.1 Å². The van der Waals surface area contributed by atoms with E-state index in [-0.39, 0.29) is 34.1 Å². The van der Waals surface area contributed by atoms with Crippen molar-refractivity contribution in [2.75, 3.05) is 18.1 Å². The standard InChI is InChI=1S/C21H27ClN2O4S/c1-12(2)16-11-17(13(3)9-20(16)28-5)14(4)23-21(25)18-10-15(7-8-19(18)22)24-29(6,26)27/h7-12,14,24H,1-6H3,(H,23,25). The summed E-state index contributed by atoms with van der Waals surface area (Å²) in [5, 5.41) is 3.19.